The van der Waals surface area contributed by atoms with Crippen LogP contribution in [-0.2, 0) is 25.3 Å². The molecule has 0 atom stereocenters. The average Bonchev–Trinajstić information content (AvgIpc) is 2.68. The lowest BCUT2D eigenvalue weighted by Gasteiger charge is -2.19. The Morgan fingerprint density at radius 2 is 1.71 bits per heavy atom. The summed E-state index contributed by atoms with van der Waals surface area (Å²) in [6.07, 6.45) is 0. The normalized spacial score (nSPS) is 11.6. The van der Waals surface area contributed by atoms with Crippen molar-refractivity contribution in [1.82, 2.24) is 19.1 Å². The zero-order valence-electron chi connectivity index (χ0n) is 16.5. The molecule has 0 bridgehead atoms. The summed E-state index contributed by atoms with van der Waals surface area (Å²) < 4.78 is 2.47. The first-order valence-electron chi connectivity index (χ1n) is 8.73. The van der Waals surface area contributed by atoms with Gasteiger partial charge in [0.05, 0.1) is 11.6 Å². The Kier molecular flexibility index (Phi) is 5.13. The fraction of sp³-hybridized carbons (Fsp3) is 0.350. The predicted octanol–water partition coefficient (Wildman–Crippen LogP) is 2.49. The number of aromatic nitrogens is 4. The van der Waals surface area contributed by atoms with Gasteiger partial charge < -0.3 is 0 Å². The molecule has 3 aromatic rings. The van der Waals surface area contributed by atoms with E-state index in [4.69, 9.17) is 5.26 Å². The summed E-state index contributed by atoms with van der Waals surface area (Å²) in [5.74, 6) is 1.15. The van der Waals surface area contributed by atoms with Crippen molar-refractivity contribution in [3.63, 3.8) is 0 Å². The van der Waals surface area contributed by atoms with Gasteiger partial charge in [0.1, 0.15) is 16.2 Å². The molecular formula is C20H21N5O2S. The van der Waals surface area contributed by atoms with E-state index >= 15 is 0 Å². The molecule has 2 aromatic heterocycles. The molecule has 0 spiro atoms. The van der Waals surface area contributed by atoms with E-state index in [-0.39, 0.29) is 5.41 Å². The molecule has 2 heterocycles. The SMILES string of the molecule is Cn1c(=O)c2c(SCc3ccc(C#N)cc3)nc(C(C)(C)C)nc2n(C)c1=O. The third kappa shape index (κ3) is 3.58. The topological polar surface area (TPSA) is 93.6 Å². The summed E-state index contributed by atoms with van der Waals surface area (Å²) in [6.45, 7) is 5.97. The van der Waals surface area contributed by atoms with E-state index in [0.717, 1.165) is 10.1 Å². The number of fused-ring (bicyclic) bond motifs is 1. The number of aryl methyl sites for hydroxylation is 1. The first-order valence-corrected chi connectivity index (χ1v) is 9.72. The maximum absolute atomic E-state index is 12.8. The van der Waals surface area contributed by atoms with E-state index < -0.39 is 11.2 Å². The quantitative estimate of drug-likeness (QED) is 0.500. The van der Waals surface area contributed by atoms with Gasteiger partial charge in [-0.2, -0.15) is 5.26 Å². The molecule has 0 unspecified atom stereocenters. The first kappa shape index (κ1) is 19.8. The molecular weight excluding hydrogens is 374 g/mol. The van der Waals surface area contributed by atoms with Crippen LogP contribution in [0, 0.1) is 11.3 Å². The number of rotatable bonds is 3. The van der Waals surface area contributed by atoms with Gasteiger partial charge in [-0.15, -0.1) is 11.8 Å². The van der Waals surface area contributed by atoms with Gasteiger partial charge in [0, 0.05) is 25.3 Å². The van der Waals surface area contributed by atoms with Gasteiger partial charge in [-0.25, -0.2) is 14.8 Å². The van der Waals surface area contributed by atoms with E-state index in [0.29, 0.717) is 33.2 Å². The van der Waals surface area contributed by atoms with Crippen molar-refractivity contribution in [3.05, 3.63) is 62.1 Å². The molecule has 0 N–H and O–H groups in total. The molecule has 0 saturated carbocycles. The van der Waals surface area contributed by atoms with Crippen molar-refractivity contribution in [2.45, 2.75) is 37.0 Å². The maximum atomic E-state index is 12.8. The second-order valence-electron chi connectivity index (χ2n) is 7.60. The number of hydrogen-bond acceptors (Lipinski definition) is 6. The lowest BCUT2D eigenvalue weighted by atomic mass is 9.96. The molecule has 8 heteroatoms. The Morgan fingerprint density at radius 3 is 2.29 bits per heavy atom. The van der Waals surface area contributed by atoms with E-state index in [2.05, 4.69) is 16.0 Å². The number of nitrogens with zero attached hydrogens (tertiary/aromatic N) is 5. The van der Waals surface area contributed by atoms with Gasteiger partial charge >= 0.3 is 5.69 Å². The molecule has 1 aromatic carbocycles. The van der Waals surface area contributed by atoms with Crippen LogP contribution in [0.4, 0.5) is 0 Å². The summed E-state index contributed by atoms with van der Waals surface area (Å²) in [6, 6.07) is 9.38. The van der Waals surface area contributed by atoms with Crippen LogP contribution in [0.25, 0.3) is 11.0 Å². The van der Waals surface area contributed by atoms with Crippen molar-refractivity contribution >= 4 is 22.8 Å². The van der Waals surface area contributed by atoms with E-state index in [1.54, 1.807) is 19.2 Å². The highest BCUT2D eigenvalue weighted by Gasteiger charge is 2.23. The molecule has 0 saturated heterocycles. The monoisotopic (exact) mass is 395 g/mol. The third-order valence-corrected chi connectivity index (χ3v) is 5.44. The van der Waals surface area contributed by atoms with Crippen LogP contribution >= 0.6 is 11.8 Å². The highest BCUT2D eigenvalue weighted by Crippen LogP contribution is 2.29. The molecule has 0 radical (unpaired) electrons. The fourth-order valence-corrected chi connectivity index (χ4v) is 3.67. The molecule has 3 rings (SSSR count). The third-order valence-electron chi connectivity index (χ3n) is 4.40. The van der Waals surface area contributed by atoms with Gasteiger partial charge in [0.2, 0.25) is 0 Å². The number of thioether (sulfide) groups is 1. The van der Waals surface area contributed by atoms with E-state index in [1.165, 1.54) is 23.4 Å². The van der Waals surface area contributed by atoms with Crippen LogP contribution in [0.1, 0.15) is 37.7 Å². The lowest BCUT2D eigenvalue weighted by molar-refractivity contribution is 0.539. The Hall–Kier alpha value is -2.92. The van der Waals surface area contributed by atoms with Crippen LogP contribution in [0.15, 0.2) is 38.9 Å². The smallest absolute Gasteiger partial charge is 0.280 e. The van der Waals surface area contributed by atoms with E-state index in [1.807, 2.05) is 32.9 Å². The summed E-state index contributed by atoms with van der Waals surface area (Å²) in [4.78, 5) is 34.3. The van der Waals surface area contributed by atoms with Crippen molar-refractivity contribution < 1.29 is 0 Å². The number of nitriles is 1. The van der Waals surface area contributed by atoms with Gasteiger partial charge in [0.15, 0.2) is 5.65 Å². The van der Waals surface area contributed by atoms with Gasteiger partial charge in [0.25, 0.3) is 5.56 Å². The molecule has 0 fully saturated rings. The summed E-state index contributed by atoms with van der Waals surface area (Å²) in [7, 11) is 3.06. The minimum atomic E-state index is -0.417. The van der Waals surface area contributed by atoms with Crippen molar-refractivity contribution in [3.8, 4) is 6.07 Å². The van der Waals surface area contributed by atoms with Crippen LogP contribution in [0.5, 0.6) is 0 Å². The molecule has 0 aliphatic heterocycles. The molecule has 0 amide bonds. The largest absolute Gasteiger partial charge is 0.332 e. The van der Waals surface area contributed by atoms with Crippen molar-refractivity contribution in [2.75, 3.05) is 0 Å². The van der Waals surface area contributed by atoms with Gasteiger partial charge in [-0.3, -0.25) is 13.9 Å². The van der Waals surface area contributed by atoms with Crippen LogP contribution < -0.4 is 11.2 Å². The molecule has 7 nitrogen and oxygen atoms in total. The average molecular weight is 395 g/mol. The second kappa shape index (κ2) is 7.24. The van der Waals surface area contributed by atoms with Crippen LogP contribution in [0.3, 0.4) is 0 Å². The highest BCUT2D eigenvalue weighted by atomic mass is 32.2. The van der Waals surface area contributed by atoms with Crippen molar-refractivity contribution in [2.24, 2.45) is 14.1 Å². The zero-order chi connectivity index (χ0) is 20.6. The van der Waals surface area contributed by atoms with Crippen LogP contribution in [-0.4, -0.2) is 19.1 Å². The first-order chi connectivity index (χ1) is 13.1. The Bertz CT molecular complexity index is 1210. The molecule has 28 heavy (non-hydrogen) atoms. The summed E-state index contributed by atoms with van der Waals surface area (Å²) in [5, 5.41) is 9.82. The number of benzene rings is 1. The number of hydrogen-bond donors (Lipinski definition) is 0. The Morgan fingerprint density at radius 1 is 1.07 bits per heavy atom. The predicted molar refractivity (Wildman–Crippen MR) is 109 cm³/mol. The standard InChI is InChI=1S/C20H21N5O2S/c1-20(2,3)18-22-15-14(17(26)25(5)19(27)24(15)4)16(23-18)28-11-13-8-6-12(10-21)7-9-13/h6-9H,11H2,1-5H3. The zero-order valence-corrected chi connectivity index (χ0v) is 17.3. The molecule has 0 aliphatic rings. The Labute approximate surface area is 166 Å². The Balaban J connectivity index is 2.17. The molecule has 144 valence electrons. The molecule has 0 aliphatic carbocycles. The summed E-state index contributed by atoms with van der Waals surface area (Å²) >= 11 is 1.42. The van der Waals surface area contributed by atoms with Crippen LogP contribution in [0.2, 0.25) is 0 Å². The minimum absolute atomic E-state index is 0.338. The highest BCUT2D eigenvalue weighted by molar-refractivity contribution is 7.98. The van der Waals surface area contributed by atoms with Crippen molar-refractivity contribution in [1.29, 1.82) is 5.26 Å². The minimum Gasteiger partial charge on any atom is -0.280 e. The van der Waals surface area contributed by atoms with Gasteiger partial charge in [-0.1, -0.05) is 32.9 Å². The van der Waals surface area contributed by atoms with E-state index in [9.17, 15) is 9.59 Å². The second-order valence-corrected chi connectivity index (χ2v) is 8.57. The maximum Gasteiger partial charge on any atom is 0.332 e. The van der Waals surface area contributed by atoms with Gasteiger partial charge in [-0.05, 0) is 17.7 Å². The fourth-order valence-electron chi connectivity index (χ4n) is 2.70. The summed E-state index contributed by atoms with van der Waals surface area (Å²) in [5.41, 5.74) is 0.792. The lowest BCUT2D eigenvalue weighted by Crippen LogP contribution is -2.38.